The van der Waals surface area contributed by atoms with Crippen molar-refractivity contribution in [2.24, 2.45) is 0 Å². The number of hydrogen-bond donors (Lipinski definition) is 1. The molecule has 0 bridgehead atoms. The first-order valence-corrected chi connectivity index (χ1v) is 14.8. The van der Waals surface area contributed by atoms with E-state index in [0.29, 0.717) is 18.4 Å². The van der Waals surface area contributed by atoms with Crippen LogP contribution in [-0.2, 0) is 14.2 Å². The van der Waals surface area contributed by atoms with E-state index in [4.69, 9.17) is 9.76 Å². The van der Waals surface area contributed by atoms with Gasteiger partial charge in [0.15, 0.2) is 40.7 Å². The number of benzene rings is 3. The van der Waals surface area contributed by atoms with Gasteiger partial charge in [0.25, 0.3) is 0 Å². The minimum absolute atomic E-state index is 0. The molecule has 0 aromatic heterocycles. The molecule has 3 aromatic carbocycles. The molecule has 0 aliphatic heterocycles. The molecule has 1 N–H and O–H groups in total. The molecule has 3 aromatic rings. The van der Waals surface area contributed by atoms with Gasteiger partial charge in [-0.05, 0) is 85.1 Å². The molecule has 1 fully saturated rings. The van der Waals surface area contributed by atoms with Crippen LogP contribution >= 0.6 is 0 Å². The normalized spacial score (nSPS) is 14.4. The molecular formula is C35H43BF6LiO5-. The average Bonchev–Trinajstić information content (AvgIpc) is 3.05. The predicted octanol–water partition coefficient (Wildman–Crippen LogP) is 5.45. The summed E-state index contributed by atoms with van der Waals surface area (Å²) >= 11 is 0. The fourth-order valence-electron chi connectivity index (χ4n) is 4.20. The van der Waals surface area contributed by atoms with E-state index in [1.54, 1.807) is 12.9 Å². The van der Waals surface area contributed by atoms with Gasteiger partial charge in [-0.2, -0.15) is 0 Å². The number of Topliss-reactive ketones (excluding diaryl/α,β-unsaturated/α-hetero) is 1. The van der Waals surface area contributed by atoms with Gasteiger partial charge in [0.2, 0.25) is 0 Å². The van der Waals surface area contributed by atoms with E-state index in [0.717, 1.165) is 56.4 Å². The Balaban J connectivity index is -0.000000579. The molecule has 0 saturated heterocycles. The molecule has 2 aliphatic rings. The van der Waals surface area contributed by atoms with Gasteiger partial charge in [0.05, 0.1) is 0 Å². The summed E-state index contributed by atoms with van der Waals surface area (Å²) in [6, 6.07) is 9.18. The smallest absolute Gasteiger partial charge is 1.00 e. The summed E-state index contributed by atoms with van der Waals surface area (Å²) < 4.78 is 81.4. The van der Waals surface area contributed by atoms with Crippen LogP contribution in [0.5, 0.6) is 11.5 Å². The largest absolute Gasteiger partial charge is 1.00 e. The van der Waals surface area contributed by atoms with Crippen LogP contribution in [0, 0.1) is 34.9 Å². The van der Waals surface area contributed by atoms with E-state index in [9.17, 15) is 41.0 Å². The zero-order valence-electron chi connectivity index (χ0n) is 28.2. The van der Waals surface area contributed by atoms with E-state index in [1.807, 2.05) is 19.9 Å². The van der Waals surface area contributed by atoms with Crippen molar-refractivity contribution in [2.45, 2.75) is 79.0 Å². The van der Waals surface area contributed by atoms with Gasteiger partial charge >= 0.3 is 25.8 Å². The third-order valence-electron chi connectivity index (χ3n) is 6.72. The second kappa shape index (κ2) is 24.6. The number of ketones is 2. The summed E-state index contributed by atoms with van der Waals surface area (Å²) in [7, 11) is 1.41. The van der Waals surface area contributed by atoms with E-state index in [2.05, 4.69) is 0 Å². The minimum Gasteiger partial charge on any atom is -1.00 e. The summed E-state index contributed by atoms with van der Waals surface area (Å²) in [5, 5.41) is 18.9. The molecule has 0 radical (unpaired) electrons. The van der Waals surface area contributed by atoms with Gasteiger partial charge in [0, 0.05) is 26.4 Å². The molecule has 1 atom stereocenters. The van der Waals surface area contributed by atoms with Crippen LogP contribution in [0.25, 0.3) is 0 Å². The van der Waals surface area contributed by atoms with Crippen LogP contribution < -0.4 is 29.4 Å². The Labute approximate surface area is 293 Å². The predicted molar refractivity (Wildman–Crippen MR) is 172 cm³/mol. The van der Waals surface area contributed by atoms with Gasteiger partial charge in [-0.3, -0.25) is 9.59 Å². The fourth-order valence-corrected chi connectivity index (χ4v) is 4.20. The Morgan fingerprint density at radius 3 is 1.73 bits per heavy atom. The quantitative estimate of drug-likeness (QED) is 0.227. The standard InChI is InChI=1S/C12H11F3O.C8H8BF3O.C6H6O2.C6H8O.C2H6.CH4.Li.H/c13-10-5-8(6-11(14)12(10)15)7-2-1-3-9(16)4-7;1-9(13-2)5-3-6(10)8(12)7(11)4-5;7-5-1-2-6(8)4-3-5;7-6-4-2-1-3-5-6;1-2;;;/h5-7H,1-4H2;3-4H,1-2H3;1-4,7-8H;2,4H,1,3,5H2;1-2H3;1H4;;/q;;;;;;+1;-1/p-1. The Bertz CT molecular complexity index is 1380. The topological polar surface area (TPSA) is 86.7 Å². The van der Waals surface area contributed by atoms with Gasteiger partial charge in [-0.1, -0.05) is 46.3 Å². The molecule has 0 heterocycles. The molecule has 2 aliphatic carbocycles. The van der Waals surface area contributed by atoms with Crippen LogP contribution in [0.15, 0.2) is 60.7 Å². The van der Waals surface area contributed by atoms with Gasteiger partial charge in [0.1, 0.15) is 11.5 Å². The average molecular weight is 675 g/mol. The molecular weight excluding hydrogens is 632 g/mol. The molecule has 1 unspecified atom stereocenters. The molecule has 0 amide bonds. The zero-order chi connectivity index (χ0) is 34.8. The van der Waals surface area contributed by atoms with Gasteiger partial charge < -0.3 is 16.3 Å². The summed E-state index contributed by atoms with van der Waals surface area (Å²) in [6.07, 6.45) is 8.78. The van der Waals surface area contributed by atoms with Crippen LogP contribution in [0.2, 0.25) is 6.82 Å². The third kappa shape index (κ3) is 16.6. The Morgan fingerprint density at radius 1 is 0.854 bits per heavy atom. The maximum absolute atomic E-state index is 13.0. The zero-order valence-corrected chi connectivity index (χ0v) is 27.2. The maximum atomic E-state index is 13.0. The second-order valence-corrected chi connectivity index (χ2v) is 10.1. The number of allylic oxidation sites excluding steroid dienone is 2. The van der Waals surface area contributed by atoms with Crippen molar-refractivity contribution >= 4 is 23.9 Å². The first kappa shape index (κ1) is 46.7. The second-order valence-electron chi connectivity index (χ2n) is 10.1. The SMILES string of the molecule is C.CC.COB(C)c1cc(F)c(F)c(F)c1.O=C1C=CCCC1.O=C1CCCC(c2cc(F)c(F)c(F)c2)C1.[H-].[Li+].[O-]c1ccc(O)cc1. The van der Waals surface area contributed by atoms with Crippen LogP contribution in [-0.4, -0.2) is 30.7 Å². The minimum atomic E-state index is -1.45. The fraction of sp³-hybridized carbons (Fsp3) is 0.371. The van der Waals surface area contributed by atoms with Gasteiger partial charge in [-0.15, -0.1) is 5.75 Å². The molecule has 48 heavy (non-hydrogen) atoms. The first-order chi connectivity index (χ1) is 21.8. The molecule has 5 nitrogen and oxygen atoms in total. The van der Waals surface area contributed by atoms with Crippen molar-refractivity contribution in [3.8, 4) is 11.5 Å². The molecule has 5 rings (SSSR count). The summed E-state index contributed by atoms with van der Waals surface area (Å²) in [6.45, 7) is 5.16. The Morgan fingerprint density at radius 2 is 1.35 bits per heavy atom. The summed E-state index contributed by atoms with van der Waals surface area (Å²) in [4.78, 5) is 21.6. The van der Waals surface area contributed by atoms with E-state index >= 15 is 0 Å². The van der Waals surface area contributed by atoms with Gasteiger partial charge in [-0.25, -0.2) is 26.3 Å². The number of phenolic OH excluding ortho intramolecular Hbond substituents is 1. The van der Waals surface area contributed by atoms with Crippen molar-refractivity contribution < 1.29 is 71.1 Å². The number of rotatable bonds is 3. The number of carbonyl (C=O) groups is 2. The molecule has 0 spiro atoms. The Hall–Kier alpha value is -3.46. The first-order valence-electron chi connectivity index (χ1n) is 14.8. The molecule has 260 valence electrons. The maximum Gasteiger partial charge on any atom is 1.00 e. The summed E-state index contributed by atoms with van der Waals surface area (Å²) in [5.74, 6) is -7.41. The van der Waals surface area contributed by atoms with Crippen molar-refractivity contribution in [2.75, 3.05) is 7.11 Å². The number of halogens is 6. The van der Waals surface area contributed by atoms with Crippen molar-refractivity contribution in [1.82, 2.24) is 0 Å². The number of hydrogen-bond acceptors (Lipinski definition) is 5. The van der Waals surface area contributed by atoms with Crippen molar-refractivity contribution in [3.05, 3.63) is 101 Å². The molecule has 1 saturated carbocycles. The Kier molecular flexibility index (Phi) is 24.0. The number of aromatic hydroxyl groups is 1. The van der Waals surface area contributed by atoms with E-state index in [1.165, 1.54) is 31.4 Å². The monoisotopic (exact) mass is 675 g/mol. The van der Waals surface area contributed by atoms with Crippen molar-refractivity contribution in [1.29, 1.82) is 0 Å². The van der Waals surface area contributed by atoms with Crippen LogP contribution in [0.3, 0.4) is 0 Å². The van der Waals surface area contributed by atoms with Crippen LogP contribution in [0.4, 0.5) is 26.3 Å². The van der Waals surface area contributed by atoms with Crippen molar-refractivity contribution in [3.63, 3.8) is 0 Å². The number of phenols is 1. The number of carbonyl (C=O) groups excluding carboxylic acids is 2. The molecule has 13 heteroatoms. The van der Waals surface area contributed by atoms with Crippen LogP contribution in [0.1, 0.15) is 79.1 Å². The third-order valence-corrected chi connectivity index (χ3v) is 6.72. The van der Waals surface area contributed by atoms with E-state index < -0.39 is 41.8 Å². The summed E-state index contributed by atoms with van der Waals surface area (Å²) in [5.41, 5.74) is 0.656. The van der Waals surface area contributed by atoms with E-state index in [-0.39, 0.29) is 62.2 Å².